The minimum absolute atomic E-state index is 0.0198. The molecule has 4 aliphatic carbocycles. The molecule has 1 unspecified atom stereocenters. The summed E-state index contributed by atoms with van der Waals surface area (Å²) in [7, 11) is 0. The van der Waals surface area contributed by atoms with Gasteiger partial charge in [-0.3, -0.25) is 0 Å². The molecule has 0 bridgehead atoms. The van der Waals surface area contributed by atoms with Gasteiger partial charge < -0.3 is 15.1 Å². The molecule has 1 aliphatic heterocycles. The van der Waals surface area contributed by atoms with Crippen LogP contribution in [-0.4, -0.2) is 52.0 Å². The van der Waals surface area contributed by atoms with Crippen LogP contribution in [-0.2, 0) is 9.78 Å². The van der Waals surface area contributed by atoms with E-state index in [1.807, 2.05) is 11.8 Å². The van der Waals surface area contributed by atoms with Crippen molar-refractivity contribution in [2.75, 3.05) is 24.6 Å². The van der Waals surface area contributed by atoms with Gasteiger partial charge in [-0.25, -0.2) is 9.78 Å². The van der Waals surface area contributed by atoms with E-state index in [0.717, 1.165) is 68.9 Å². The Morgan fingerprint density at radius 2 is 1.82 bits per heavy atom. The first-order chi connectivity index (χ1) is 18.9. The van der Waals surface area contributed by atoms with Gasteiger partial charge in [0.05, 0.1) is 23.1 Å². The lowest BCUT2D eigenvalue weighted by Crippen LogP contribution is -2.67. The first kappa shape index (κ1) is 29.5. The van der Waals surface area contributed by atoms with Crippen LogP contribution in [0.2, 0.25) is 0 Å². The fourth-order valence-electron chi connectivity index (χ4n) is 9.45. The van der Waals surface area contributed by atoms with E-state index < -0.39 is 15.9 Å². The predicted molar refractivity (Wildman–Crippen MR) is 166 cm³/mol. The summed E-state index contributed by atoms with van der Waals surface area (Å²) in [6, 6.07) is 6.70. The summed E-state index contributed by atoms with van der Waals surface area (Å²) in [5, 5.41) is 24.0. The van der Waals surface area contributed by atoms with Crippen LogP contribution in [0, 0.1) is 22.7 Å². The molecule has 1 heterocycles. The molecule has 7 atom stereocenters. The van der Waals surface area contributed by atoms with Gasteiger partial charge in [0.1, 0.15) is 5.60 Å². The molecule has 1 spiro atoms. The second-order valence-corrected chi connectivity index (χ2v) is 16.7. The third-order valence-electron chi connectivity index (χ3n) is 11.5. The molecule has 1 saturated heterocycles. The summed E-state index contributed by atoms with van der Waals surface area (Å²) in [5.74, 6) is 0.876. The number of benzene rings is 1. The van der Waals surface area contributed by atoms with E-state index in [2.05, 4.69) is 79.7 Å². The van der Waals surface area contributed by atoms with Gasteiger partial charge in [-0.15, -0.1) is 11.8 Å². The molecule has 4 fully saturated rings. The van der Waals surface area contributed by atoms with Crippen molar-refractivity contribution in [1.29, 1.82) is 0 Å². The molecule has 222 valence electrons. The molecule has 40 heavy (non-hydrogen) atoms. The highest BCUT2D eigenvalue weighted by molar-refractivity contribution is 9.10. The number of rotatable bonds is 5. The Kier molecular flexibility index (Phi) is 7.57. The first-order valence-corrected chi connectivity index (χ1v) is 17.2. The molecule has 1 aromatic rings. The quantitative estimate of drug-likeness (QED) is 0.256. The Hall–Kier alpha value is -0.570. The lowest BCUT2D eigenvalue weighted by Gasteiger charge is -2.63. The van der Waals surface area contributed by atoms with Crippen LogP contribution in [0.5, 0.6) is 0 Å². The zero-order valence-corrected chi connectivity index (χ0v) is 27.4. The van der Waals surface area contributed by atoms with Gasteiger partial charge in [-0.05, 0) is 117 Å². The summed E-state index contributed by atoms with van der Waals surface area (Å²) in [4.78, 5) is 15.5. The normalized spacial score (nSPS) is 42.1. The number of fused-ring (bicyclic) bond motifs is 5. The highest BCUT2D eigenvalue weighted by atomic mass is 79.9. The van der Waals surface area contributed by atoms with Crippen LogP contribution >= 0.6 is 27.7 Å². The fraction of sp³-hybridized carbons (Fsp3) is 0.758. The van der Waals surface area contributed by atoms with Crippen molar-refractivity contribution in [3.63, 3.8) is 0 Å². The lowest BCUT2D eigenvalue weighted by molar-refractivity contribution is -0.417. The van der Waals surface area contributed by atoms with Crippen molar-refractivity contribution >= 4 is 33.4 Å². The Labute approximate surface area is 253 Å². The number of thioether (sulfide) groups is 1. The van der Waals surface area contributed by atoms with Gasteiger partial charge in [-0.1, -0.05) is 32.4 Å². The summed E-state index contributed by atoms with van der Waals surface area (Å²) >= 11 is 5.79. The minimum atomic E-state index is -0.912. The van der Waals surface area contributed by atoms with Gasteiger partial charge in [-0.2, -0.15) is 0 Å². The molecular weight excluding hydrogens is 586 g/mol. The molecule has 0 aromatic heterocycles. The summed E-state index contributed by atoms with van der Waals surface area (Å²) in [6.45, 7) is 13.7. The van der Waals surface area contributed by atoms with Crippen LogP contribution < -0.4 is 4.90 Å². The zero-order chi connectivity index (χ0) is 28.6. The maximum atomic E-state index is 13.0. The number of allylic oxidation sites excluding steroid dienone is 1. The molecule has 6 rings (SSSR count). The molecule has 7 heteroatoms. The Bertz CT molecular complexity index is 1170. The second-order valence-electron chi connectivity index (χ2n) is 14.5. The largest absolute Gasteiger partial charge is 0.393 e. The molecule has 5 aliphatic rings. The summed E-state index contributed by atoms with van der Waals surface area (Å²) in [6.07, 6.45) is 10.0. The van der Waals surface area contributed by atoms with E-state index in [9.17, 15) is 10.2 Å². The van der Waals surface area contributed by atoms with Crippen molar-refractivity contribution in [2.24, 2.45) is 22.7 Å². The van der Waals surface area contributed by atoms with E-state index >= 15 is 0 Å². The second kappa shape index (κ2) is 10.3. The fourth-order valence-corrected chi connectivity index (χ4v) is 11.6. The average molecular weight is 635 g/mol. The van der Waals surface area contributed by atoms with E-state index in [-0.39, 0.29) is 16.9 Å². The average Bonchev–Trinajstić information content (AvgIpc) is 3.20. The Balaban J connectivity index is 1.44. The Morgan fingerprint density at radius 1 is 1.05 bits per heavy atom. The van der Waals surface area contributed by atoms with Crippen LogP contribution in [0.25, 0.3) is 0 Å². The maximum Gasteiger partial charge on any atom is 0.107 e. The monoisotopic (exact) mass is 633 g/mol. The first-order valence-electron chi connectivity index (χ1n) is 15.5. The van der Waals surface area contributed by atoms with Gasteiger partial charge in [0.2, 0.25) is 0 Å². The van der Waals surface area contributed by atoms with E-state index in [4.69, 9.17) is 9.78 Å². The number of halogens is 1. The summed E-state index contributed by atoms with van der Waals surface area (Å²) < 4.78 is 0.647. The van der Waals surface area contributed by atoms with Crippen LogP contribution in [0.3, 0.4) is 0 Å². The maximum absolute atomic E-state index is 13.0. The third kappa shape index (κ3) is 4.55. The number of anilines is 1. The SMILES string of the molecule is CCN(CC)c1ccc(Br)c(S[C@]23CCC4(CC(C)(C)COO4)C[C@]2(O)CC[C@@H]2C3=CC[C@]3(C)[C@@H](O)CC[C@@H]23)c1. The number of aliphatic hydroxyl groups is 2. The van der Waals surface area contributed by atoms with Crippen molar-refractivity contribution < 1.29 is 20.0 Å². The number of hydrogen-bond donors (Lipinski definition) is 2. The standard InChI is InChI=1S/C33H48BrNO4S/c1-6-35(7-2)22-8-10-26(34)27(18-22)40-33-17-16-31(19-29(3,4)21-38-39-31)20-32(33,37)15-12-23-24-9-11-28(36)30(24,5)14-13-25(23)33/h8,10,13,18,23-24,28,36-37H,6-7,9,11-12,14-17,19-21H2,1-5H3/t23-,24-,28-,30-,31?,32+,33-/m0/s1. The van der Waals surface area contributed by atoms with E-state index in [0.29, 0.717) is 24.9 Å². The van der Waals surface area contributed by atoms with Crippen LogP contribution in [0.15, 0.2) is 39.2 Å². The third-order valence-corrected chi connectivity index (χ3v) is 14.1. The van der Waals surface area contributed by atoms with E-state index in [1.54, 1.807) is 0 Å². The van der Waals surface area contributed by atoms with Gasteiger partial charge in [0.25, 0.3) is 0 Å². The smallest absolute Gasteiger partial charge is 0.107 e. The topological polar surface area (TPSA) is 62.2 Å². The molecule has 0 radical (unpaired) electrons. The number of nitrogens with zero attached hydrogens (tertiary/aromatic N) is 1. The highest BCUT2D eigenvalue weighted by Crippen LogP contribution is 2.69. The minimum Gasteiger partial charge on any atom is -0.393 e. The highest BCUT2D eigenvalue weighted by Gasteiger charge is 2.67. The molecule has 5 nitrogen and oxygen atoms in total. The van der Waals surface area contributed by atoms with Crippen molar-refractivity contribution in [2.45, 2.75) is 119 Å². The number of hydrogen-bond acceptors (Lipinski definition) is 6. The summed E-state index contributed by atoms with van der Waals surface area (Å²) in [5.41, 5.74) is 1.26. The zero-order valence-electron chi connectivity index (χ0n) is 25.0. The van der Waals surface area contributed by atoms with Gasteiger partial charge >= 0.3 is 0 Å². The predicted octanol–water partition coefficient (Wildman–Crippen LogP) is 7.68. The van der Waals surface area contributed by atoms with Crippen molar-refractivity contribution in [3.8, 4) is 0 Å². The van der Waals surface area contributed by atoms with Crippen molar-refractivity contribution in [1.82, 2.24) is 0 Å². The van der Waals surface area contributed by atoms with Crippen molar-refractivity contribution in [3.05, 3.63) is 34.3 Å². The number of aliphatic hydroxyl groups excluding tert-OH is 1. The molecule has 0 amide bonds. The Morgan fingerprint density at radius 3 is 2.55 bits per heavy atom. The molecule has 1 aromatic carbocycles. The van der Waals surface area contributed by atoms with E-state index in [1.165, 1.54) is 16.2 Å². The van der Waals surface area contributed by atoms with Gasteiger partial charge in [0.15, 0.2) is 0 Å². The molecule has 2 N–H and O–H groups in total. The van der Waals surface area contributed by atoms with Crippen LogP contribution in [0.4, 0.5) is 5.69 Å². The molecule has 3 saturated carbocycles. The molecular formula is C33H48BrNO4S. The lowest BCUT2D eigenvalue weighted by atomic mass is 9.51. The van der Waals surface area contributed by atoms with Gasteiger partial charge in [0, 0.05) is 40.0 Å². The van der Waals surface area contributed by atoms with Crippen LogP contribution in [0.1, 0.15) is 92.4 Å².